The number of carbonyl (C=O) groups is 1. The number of hydrogen-bond acceptors (Lipinski definition) is 2. The number of benzene rings is 1. The van der Waals surface area contributed by atoms with Crippen LogP contribution in [0.4, 0.5) is 0 Å². The van der Waals surface area contributed by atoms with Gasteiger partial charge in [0.1, 0.15) is 0 Å². The van der Waals surface area contributed by atoms with Gasteiger partial charge in [0.25, 0.3) is 0 Å². The standard InChI is InChI=1S/C17H22N2O2/c1-3-9-19(10-11-20)16(21)8-7-14-12-18-17-13(2)5-4-6-15(14)17/h3-6,12,18,20H,1,7-11H2,2H3. The van der Waals surface area contributed by atoms with E-state index >= 15 is 0 Å². The molecule has 0 spiro atoms. The van der Waals surface area contributed by atoms with Gasteiger partial charge in [-0.2, -0.15) is 0 Å². The third kappa shape index (κ3) is 3.52. The van der Waals surface area contributed by atoms with E-state index in [2.05, 4.69) is 30.6 Å². The predicted octanol–water partition coefficient (Wildman–Crippen LogP) is 2.42. The minimum Gasteiger partial charge on any atom is -0.395 e. The van der Waals surface area contributed by atoms with Crippen molar-refractivity contribution >= 4 is 16.8 Å². The van der Waals surface area contributed by atoms with E-state index in [0.29, 0.717) is 25.9 Å². The first-order valence-electron chi connectivity index (χ1n) is 7.22. The zero-order valence-electron chi connectivity index (χ0n) is 12.4. The van der Waals surface area contributed by atoms with Gasteiger partial charge in [0.2, 0.25) is 5.91 Å². The first-order chi connectivity index (χ1) is 10.2. The second-order valence-corrected chi connectivity index (χ2v) is 5.16. The summed E-state index contributed by atoms with van der Waals surface area (Å²) in [6, 6.07) is 6.18. The Balaban J connectivity index is 2.05. The highest BCUT2D eigenvalue weighted by Crippen LogP contribution is 2.22. The highest BCUT2D eigenvalue weighted by atomic mass is 16.3. The molecular weight excluding hydrogens is 264 g/mol. The Hall–Kier alpha value is -2.07. The van der Waals surface area contributed by atoms with E-state index in [1.165, 1.54) is 10.9 Å². The lowest BCUT2D eigenvalue weighted by atomic mass is 10.1. The third-order valence-electron chi connectivity index (χ3n) is 3.69. The summed E-state index contributed by atoms with van der Waals surface area (Å²) in [7, 11) is 0. The molecule has 0 atom stereocenters. The average Bonchev–Trinajstić information content (AvgIpc) is 2.89. The minimum absolute atomic E-state index is 0.0220. The number of H-pyrrole nitrogens is 1. The van der Waals surface area contributed by atoms with Crippen LogP contribution in [0.25, 0.3) is 10.9 Å². The van der Waals surface area contributed by atoms with Crippen LogP contribution in [0, 0.1) is 6.92 Å². The molecular formula is C17H22N2O2. The first-order valence-corrected chi connectivity index (χ1v) is 7.22. The Morgan fingerprint density at radius 3 is 3.00 bits per heavy atom. The smallest absolute Gasteiger partial charge is 0.223 e. The van der Waals surface area contributed by atoms with Crippen molar-refractivity contribution in [2.45, 2.75) is 19.8 Å². The number of aromatic nitrogens is 1. The van der Waals surface area contributed by atoms with E-state index in [1.54, 1.807) is 11.0 Å². The van der Waals surface area contributed by atoms with E-state index in [9.17, 15) is 4.79 Å². The van der Waals surface area contributed by atoms with Crippen LogP contribution in [0.15, 0.2) is 37.1 Å². The van der Waals surface area contributed by atoms with Crippen molar-refractivity contribution in [1.82, 2.24) is 9.88 Å². The quantitative estimate of drug-likeness (QED) is 0.768. The minimum atomic E-state index is -0.0220. The molecule has 21 heavy (non-hydrogen) atoms. The zero-order chi connectivity index (χ0) is 15.2. The summed E-state index contributed by atoms with van der Waals surface area (Å²) in [6.45, 7) is 6.53. The predicted molar refractivity (Wildman–Crippen MR) is 85.2 cm³/mol. The third-order valence-corrected chi connectivity index (χ3v) is 3.69. The molecule has 1 amide bonds. The fourth-order valence-corrected chi connectivity index (χ4v) is 2.56. The number of aliphatic hydroxyl groups excluding tert-OH is 1. The lowest BCUT2D eigenvalue weighted by molar-refractivity contribution is -0.131. The summed E-state index contributed by atoms with van der Waals surface area (Å²) in [6.07, 6.45) is 4.80. The van der Waals surface area contributed by atoms with Crippen LogP contribution in [0.5, 0.6) is 0 Å². The SMILES string of the molecule is C=CCN(CCO)C(=O)CCc1c[nH]c2c(C)cccc12. The molecule has 4 nitrogen and oxygen atoms in total. The van der Waals surface area contributed by atoms with Gasteiger partial charge >= 0.3 is 0 Å². The van der Waals surface area contributed by atoms with Crippen LogP contribution >= 0.6 is 0 Å². The van der Waals surface area contributed by atoms with Crippen molar-refractivity contribution in [3.8, 4) is 0 Å². The first kappa shape index (κ1) is 15.3. The van der Waals surface area contributed by atoms with Gasteiger partial charge in [-0.25, -0.2) is 0 Å². The van der Waals surface area contributed by atoms with Crippen LogP contribution in [0.3, 0.4) is 0 Å². The second-order valence-electron chi connectivity index (χ2n) is 5.16. The Morgan fingerprint density at radius 2 is 2.29 bits per heavy atom. The molecule has 1 aromatic heterocycles. The van der Waals surface area contributed by atoms with Gasteiger partial charge in [-0.15, -0.1) is 6.58 Å². The summed E-state index contributed by atoms with van der Waals surface area (Å²) < 4.78 is 0. The molecule has 0 radical (unpaired) electrons. The molecule has 2 rings (SSSR count). The maximum atomic E-state index is 12.2. The van der Waals surface area contributed by atoms with Crippen LogP contribution < -0.4 is 0 Å². The molecule has 1 aromatic carbocycles. The Morgan fingerprint density at radius 1 is 1.48 bits per heavy atom. The molecule has 0 bridgehead atoms. The number of hydrogen-bond donors (Lipinski definition) is 2. The van der Waals surface area contributed by atoms with Gasteiger partial charge in [0.05, 0.1) is 6.61 Å². The maximum absolute atomic E-state index is 12.2. The van der Waals surface area contributed by atoms with Gasteiger partial charge in [0.15, 0.2) is 0 Å². The van der Waals surface area contributed by atoms with E-state index in [0.717, 1.165) is 11.1 Å². The molecule has 0 unspecified atom stereocenters. The summed E-state index contributed by atoms with van der Waals surface area (Å²) in [5.74, 6) is 0.0472. The number of para-hydroxylation sites is 1. The van der Waals surface area contributed by atoms with E-state index < -0.39 is 0 Å². The van der Waals surface area contributed by atoms with E-state index in [4.69, 9.17) is 5.11 Å². The van der Waals surface area contributed by atoms with Crippen LogP contribution in [0.1, 0.15) is 17.5 Å². The van der Waals surface area contributed by atoms with E-state index in [-0.39, 0.29) is 12.5 Å². The number of aromatic amines is 1. The van der Waals surface area contributed by atoms with Crippen LogP contribution in [-0.2, 0) is 11.2 Å². The topological polar surface area (TPSA) is 56.3 Å². The molecule has 4 heteroatoms. The molecule has 112 valence electrons. The normalized spacial score (nSPS) is 10.8. The average molecular weight is 286 g/mol. The molecule has 0 fully saturated rings. The maximum Gasteiger partial charge on any atom is 0.223 e. The van der Waals surface area contributed by atoms with Crippen molar-refractivity contribution in [2.24, 2.45) is 0 Å². The second kappa shape index (κ2) is 7.09. The van der Waals surface area contributed by atoms with E-state index in [1.807, 2.05) is 12.3 Å². The molecule has 0 aliphatic heterocycles. The number of carbonyl (C=O) groups excluding carboxylic acids is 1. The Kier molecular flexibility index (Phi) is 5.17. The summed E-state index contributed by atoms with van der Waals surface area (Å²) in [5.41, 5.74) is 3.50. The van der Waals surface area contributed by atoms with Crippen molar-refractivity contribution in [2.75, 3.05) is 19.7 Å². The largest absolute Gasteiger partial charge is 0.395 e. The molecule has 0 saturated carbocycles. The van der Waals surface area contributed by atoms with Gasteiger partial charge in [-0.3, -0.25) is 4.79 Å². The monoisotopic (exact) mass is 286 g/mol. The molecule has 0 saturated heterocycles. The molecule has 0 aliphatic carbocycles. The number of rotatable bonds is 7. The highest BCUT2D eigenvalue weighted by Gasteiger charge is 2.13. The van der Waals surface area contributed by atoms with Crippen molar-refractivity contribution in [1.29, 1.82) is 0 Å². The lowest BCUT2D eigenvalue weighted by Gasteiger charge is -2.19. The number of nitrogens with zero attached hydrogens (tertiary/aromatic N) is 1. The van der Waals surface area contributed by atoms with Gasteiger partial charge in [0, 0.05) is 36.6 Å². The van der Waals surface area contributed by atoms with Crippen molar-refractivity contribution < 1.29 is 9.90 Å². The van der Waals surface area contributed by atoms with Gasteiger partial charge in [-0.05, 0) is 24.5 Å². The summed E-state index contributed by atoms with van der Waals surface area (Å²) in [4.78, 5) is 17.1. The molecule has 0 aliphatic rings. The molecule has 2 aromatic rings. The van der Waals surface area contributed by atoms with Gasteiger partial charge < -0.3 is 15.0 Å². The number of aliphatic hydroxyl groups is 1. The summed E-state index contributed by atoms with van der Waals surface area (Å²) >= 11 is 0. The number of amides is 1. The highest BCUT2D eigenvalue weighted by molar-refractivity contribution is 5.86. The fourth-order valence-electron chi connectivity index (χ4n) is 2.56. The molecule has 2 N–H and O–H groups in total. The van der Waals surface area contributed by atoms with Crippen molar-refractivity contribution in [3.63, 3.8) is 0 Å². The van der Waals surface area contributed by atoms with Crippen LogP contribution in [-0.4, -0.2) is 40.6 Å². The number of fused-ring (bicyclic) bond motifs is 1. The Bertz CT molecular complexity index is 631. The van der Waals surface area contributed by atoms with Gasteiger partial charge in [-0.1, -0.05) is 24.3 Å². The molecule has 1 heterocycles. The lowest BCUT2D eigenvalue weighted by Crippen LogP contribution is -2.33. The Labute approximate surface area is 125 Å². The summed E-state index contributed by atoms with van der Waals surface area (Å²) in [5, 5.41) is 10.2. The number of nitrogens with one attached hydrogen (secondary N) is 1. The fraction of sp³-hybridized carbons (Fsp3) is 0.353. The number of aryl methyl sites for hydroxylation is 2. The van der Waals surface area contributed by atoms with Crippen molar-refractivity contribution in [3.05, 3.63) is 48.2 Å². The van der Waals surface area contributed by atoms with Crippen LogP contribution in [0.2, 0.25) is 0 Å². The zero-order valence-corrected chi connectivity index (χ0v) is 12.4.